The van der Waals surface area contributed by atoms with Crippen LogP contribution in [0.5, 0.6) is 5.75 Å². The Labute approximate surface area is 208 Å². The summed E-state index contributed by atoms with van der Waals surface area (Å²) in [4.78, 5) is 30.9. The second-order valence-corrected chi connectivity index (χ2v) is 8.42. The minimum atomic E-state index is -4.88. The SMILES string of the molecule is CCOC(=O)COc1ccc(N2C(=S)N(c3cnc(C#N)c(C(F)(F)F)c3)C(=O)C23CCC3)cc1F. The highest BCUT2D eigenvalue weighted by Gasteiger charge is 2.59. The lowest BCUT2D eigenvalue weighted by Crippen LogP contribution is -2.55. The summed E-state index contributed by atoms with van der Waals surface area (Å²) in [5, 5.41) is 8.85. The first-order valence-corrected chi connectivity index (χ1v) is 11.2. The van der Waals surface area contributed by atoms with Crippen molar-refractivity contribution in [1.82, 2.24) is 4.98 Å². The lowest BCUT2D eigenvalue weighted by atomic mass is 9.75. The Morgan fingerprint density at radius 1 is 1.28 bits per heavy atom. The van der Waals surface area contributed by atoms with E-state index in [0.29, 0.717) is 25.3 Å². The van der Waals surface area contributed by atoms with Gasteiger partial charge < -0.3 is 14.4 Å². The third-order valence-electron chi connectivity index (χ3n) is 5.96. The summed E-state index contributed by atoms with van der Waals surface area (Å²) >= 11 is 5.48. The zero-order valence-electron chi connectivity index (χ0n) is 18.8. The van der Waals surface area contributed by atoms with Crippen LogP contribution in [0.15, 0.2) is 30.5 Å². The number of nitriles is 1. The molecule has 0 bridgehead atoms. The average Bonchev–Trinajstić information content (AvgIpc) is 3.04. The predicted octanol–water partition coefficient (Wildman–Crippen LogP) is 4.11. The van der Waals surface area contributed by atoms with E-state index in [1.165, 1.54) is 23.1 Å². The van der Waals surface area contributed by atoms with Crippen molar-refractivity contribution in [2.45, 2.75) is 37.9 Å². The van der Waals surface area contributed by atoms with Gasteiger partial charge in [-0.15, -0.1) is 0 Å². The van der Waals surface area contributed by atoms with Gasteiger partial charge in [0.15, 0.2) is 29.0 Å². The Balaban J connectivity index is 1.69. The Hall–Kier alpha value is -3.79. The summed E-state index contributed by atoms with van der Waals surface area (Å²) in [5.41, 5.74) is -3.38. The van der Waals surface area contributed by atoms with E-state index in [4.69, 9.17) is 27.0 Å². The molecule has 1 saturated carbocycles. The Bertz CT molecular complexity index is 1290. The van der Waals surface area contributed by atoms with Crippen LogP contribution in [0.2, 0.25) is 0 Å². The Morgan fingerprint density at radius 2 is 2.00 bits per heavy atom. The number of aromatic nitrogens is 1. The summed E-state index contributed by atoms with van der Waals surface area (Å²) in [6, 6.07) is 5.81. The van der Waals surface area contributed by atoms with Gasteiger partial charge in [-0.05, 0) is 56.6 Å². The van der Waals surface area contributed by atoms with Gasteiger partial charge in [0.1, 0.15) is 11.6 Å². The monoisotopic (exact) mass is 522 g/mol. The number of hydrogen-bond acceptors (Lipinski definition) is 7. The van der Waals surface area contributed by atoms with E-state index >= 15 is 0 Å². The zero-order valence-corrected chi connectivity index (χ0v) is 19.6. The molecule has 1 aliphatic carbocycles. The van der Waals surface area contributed by atoms with E-state index < -0.39 is 47.3 Å². The number of carbonyl (C=O) groups is 2. The molecule has 1 aliphatic heterocycles. The van der Waals surface area contributed by atoms with Gasteiger partial charge in [0.2, 0.25) is 0 Å². The van der Waals surface area contributed by atoms with Gasteiger partial charge in [-0.1, -0.05) is 0 Å². The number of halogens is 4. The number of carbonyl (C=O) groups excluding carboxylic acids is 2. The maximum Gasteiger partial charge on any atom is 0.419 e. The normalized spacial score (nSPS) is 16.7. The highest BCUT2D eigenvalue weighted by Crippen LogP contribution is 2.48. The minimum Gasteiger partial charge on any atom is -0.479 e. The first kappa shape index (κ1) is 25.3. The van der Waals surface area contributed by atoms with Crippen molar-refractivity contribution < 1.29 is 36.6 Å². The minimum absolute atomic E-state index is 0.141. The molecule has 1 aromatic carbocycles. The van der Waals surface area contributed by atoms with Crippen LogP contribution in [0.25, 0.3) is 0 Å². The maximum atomic E-state index is 14.8. The topological polar surface area (TPSA) is 95.8 Å². The van der Waals surface area contributed by atoms with Gasteiger partial charge in [-0.25, -0.2) is 14.2 Å². The molecular formula is C23H18F4N4O4S. The molecule has 1 spiro atoms. The van der Waals surface area contributed by atoms with Crippen LogP contribution in [0.3, 0.4) is 0 Å². The lowest BCUT2D eigenvalue weighted by molar-refractivity contribution is -0.145. The lowest BCUT2D eigenvalue weighted by Gasteiger charge is -2.43. The van der Waals surface area contributed by atoms with Crippen LogP contribution in [0, 0.1) is 17.1 Å². The molecule has 0 radical (unpaired) electrons. The summed E-state index contributed by atoms with van der Waals surface area (Å²) in [6.45, 7) is 1.25. The molecule has 1 saturated heterocycles. The second kappa shape index (κ2) is 9.34. The highest BCUT2D eigenvalue weighted by atomic mass is 32.1. The Morgan fingerprint density at radius 3 is 2.56 bits per heavy atom. The van der Waals surface area contributed by atoms with E-state index in [1.54, 1.807) is 6.92 Å². The molecule has 0 unspecified atom stereocenters. The van der Waals surface area contributed by atoms with Crippen molar-refractivity contribution in [3.05, 3.63) is 47.5 Å². The number of alkyl halides is 3. The number of thiocarbonyl (C=S) groups is 1. The van der Waals surface area contributed by atoms with E-state index in [9.17, 15) is 27.2 Å². The number of rotatable bonds is 6. The number of amides is 1. The molecule has 8 nitrogen and oxygen atoms in total. The molecule has 2 aromatic rings. The third-order valence-corrected chi connectivity index (χ3v) is 6.32. The number of hydrogen-bond donors (Lipinski definition) is 0. The number of nitrogens with zero attached hydrogens (tertiary/aromatic N) is 4. The first-order valence-electron chi connectivity index (χ1n) is 10.8. The van der Waals surface area contributed by atoms with Crippen molar-refractivity contribution in [3.8, 4) is 11.8 Å². The fourth-order valence-corrected chi connectivity index (χ4v) is 4.64. The fourth-order valence-electron chi connectivity index (χ4n) is 4.17. The van der Waals surface area contributed by atoms with E-state index in [0.717, 1.165) is 17.2 Å². The fraction of sp³-hybridized carbons (Fsp3) is 0.348. The van der Waals surface area contributed by atoms with Crippen LogP contribution in [-0.2, 0) is 20.5 Å². The van der Waals surface area contributed by atoms with Gasteiger partial charge in [-0.3, -0.25) is 9.69 Å². The first-order chi connectivity index (χ1) is 17.0. The molecule has 188 valence electrons. The quantitative estimate of drug-likeness (QED) is 0.318. The molecule has 4 rings (SSSR count). The van der Waals surface area contributed by atoms with Gasteiger partial charge in [0.05, 0.1) is 24.1 Å². The van der Waals surface area contributed by atoms with Crippen molar-refractivity contribution in [2.24, 2.45) is 0 Å². The smallest absolute Gasteiger partial charge is 0.419 e. The van der Waals surface area contributed by atoms with Crippen LogP contribution in [0.4, 0.5) is 28.9 Å². The molecule has 0 atom stereocenters. The summed E-state index contributed by atoms with van der Waals surface area (Å²) in [6.07, 6.45) is -2.56. The van der Waals surface area contributed by atoms with Gasteiger partial charge in [0, 0.05) is 11.8 Å². The summed E-state index contributed by atoms with van der Waals surface area (Å²) < 4.78 is 65.2. The van der Waals surface area contributed by atoms with Crippen LogP contribution >= 0.6 is 12.2 Å². The average molecular weight is 522 g/mol. The number of benzene rings is 1. The molecule has 13 heteroatoms. The van der Waals surface area contributed by atoms with E-state index in [-0.39, 0.29) is 28.8 Å². The van der Waals surface area contributed by atoms with Crippen molar-refractivity contribution in [3.63, 3.8) is 0 Å². The Kier molecular flexibility index (Phi) is 6.57. The van der Waals surface area contributed by atoms with Gasteiger partial charge >= 0.3 is 12.1 Å². The molecular weight excluding hydrogens is 504 g/mol. The van der Waals surface area contributed by atoms with Crippen molar-refractivity contribution in [2.75, 3.05) is 23.0 Å². The zero-order chi connectivity index (χ0) is 26.3. The van der Waals surface area contributed by atoms with E-state index in [1.807, 2.05) is 0 Å². The molecule has 1 amide bonds. The third kappa shape index (κ3) is 4.21. The standard InChI is InChI=1S/C23H18F4N4O4S/c1-2-34-19(32)12-35-18-5-4-13(9-16(18)24)31-21(36)30(20(33)22(31)6-3-7-22)14-8-15(23(25,26)27)17(10-28)29-11-14/h4-5,8-9,11H,2-3,6-7,12H2,1H3. The molecule has 2 heterocycles. The largest absolute Gasteiger partial charge is 0.479 e. The number of esters is 1. The second-order valence-electron chi connectivity index (χ2n) is 8.05. The predicted molar refractivity (Wildman–Crippen MR) is 122 cm³/mol. The van der Waals surface area contributed by atoms with Gasteiger partial charge in [0.25, 0.3) is 5.91 Å². The van der Waals surface area contributed by atoms with Crippen LogP contribution < -0.4 is 14.5 Å². The number of anilines is 2. The van der Waals surface area contributed by atoms with Crippen LogP contribution in [-0.4, -0.2) is 40.7 Å². The number of ether oxygens (including phenoxy) is 2. The maximum absolute atomic E-state index is 14.8. The molecule has 0 N–H and O–H groups in total. The highest BCUT2D eigenvalue weighted by molar-refractivity contribution is 7.81. The van der Waals surface area contributed by atoms with Crippen molar-refractivity contribution >= 4 is 40.6 Å². The molecule has 1 aromatic heterocycles. The molecule has 36 heavy (non-hydrogen) atoms. The molecule has 2 fully saturated rings. The number of pyridine rings is 1. The molecule has 2 aliphatic rings. The van der Waals surface area contributed by atoms with Gasteiger partial charge in [-0.2, -0.15) is 18.4 Å². The van der Waals surface area contributed by atoms with E-state index in [2.05, 4.69) is 4.98 Å². The van der Waals surface area contributed by atoms with Crippen molar-refractivity contribution in [1.29, 1.82) is 5.26 Å². The summed E-state index contributed by atoms with van der Waals surface area (Å²) in [7, 11) is 0. The summed E-state index contributed by atoms with van der Waals surface area (Å²) in [5.74, 6) is -2.31. The van der Waals surface area contributed by atoms with Crippen LogP contribution in [0.1, 0.15) is 37.4 Å².